The Kier molecular flexibility index (Phi) is 6.59. The predicted molar refractivity (Wildman–Crippen MR) is 92.7 cm³/mol. The van der Waals surface area contributed by atoms with Gasteiger partial charge in [-0.25, -0.2) is 28.5 Å². The van der Waals surface area contributed by atoms with Gasteiger partial charge in [-0.1, -0.05) is 23.2 Å². The molecule has 0 aliphatic carbocycles. The first kappa shape index (κ1) is 19.7. The molecule has 26 heavy (non-hydrogen) atoms. The summed E-state index contributed by atoms with van der Waals surface area (Å²) in [4.78, 5) is 23.2. The number of hydrogen-bond donors (Lipinski definition) is 1. The third-order valence-electron chi connectivity index (χ3n) is 2.93. The van der Waals surface area contributed by atoms with Crippen LogP contribution in [0.15, 0.2) is 35.0 Å². The molecule has 0 saturated carbocycles. The van der Waals surface area contributed by atoms with Gasteiger partial charge in [-0.2, -0.15) is 0 Å². The van der Waals surface area contributed by atoms with Crippen LogP contribution in [0.2, 0.25) is 10.3 Å². The van der Waals surface area contributed by atoms with Crippen molar-refractivity contribution < 1.29 is 23.4 Å². The molecule has 0 amide bonds. The van der Waals surface area contributed by atoms with Crippen molar-refractivity contribution in [3.63, 3.8) is 0 Å². The lowest BCUT2D eigenvalue weighted by molar-refractivity contribution is -0.137. The van der Waals surface area contributed by atoms with Crippen LogP contribution in [-0.4, -0.2) is 33.9 Å². The zero-order valence-corrected chi connectivity index (χ0v) is 14.7. The first-order valence-electron chi connectivity index (χ1n) is 7.11. The third kappa shape index (κ3) is 4.74. The number of esters is 1. The number of hydrogen-bond acceptors (Lipinski definition) is 6. The van der Waals surface area contributed by atoms with E-state index >= 15 is 0 Å². The lowest BCUT2D eigenvalue weighted by Crippen LogP contribution is -2.12. The molecule has 6 nitrogen and oxygen atoms in total. The molecule has 0 atom stereocenters. The van der Waals surface area contributed by atoms with Crippen molar-refractivity contribution >= 4 is 47.0 Å². The van der Waals surface area contributed by atoms with Crippen LogP contribution in [0.5, 0.6) is 0 Å². The lowest BCUT2D eigenvalue weighted by atomic mass is 10.1. The number of ether oxygens (including phenoxy) is 1. The van der Waals surface area contributed by atoms with Crippen LogP contribution < -0.4 is 0 Å². The van der Waals surface area contributed by atoms with Crippen molar-refractivity contribution in [2.24, 2.45) is 4.99 Å². The van der Waals surface area contributed by atoms with Gasteiger partial charge >= 0.3 is 5.97 Å². The monoisotopic (exact) mass is 401 g/mol. The first-order valence-corrected chi connectivity index (χ1v) is 7.87. The van der Waals surface area contributed by atoms with Gasteiger partial charge in [-0.15, -0.1) is 0 Å². The Hall–Kier alpha value is -2.58. The van der Waals surface area contributed by atoms with E-state index in [1.165, 1.54) is 6.07 Å². The number of rotatable bonds is 5. The number of nitrogens with zero attached hydrogens (tertiary/aromatic N) is 3. The SMILES string of the molecule is CCOC(=O)C(C=Nc1ccc(F)cn1)=C(O)c1cc(F)c(Cl)nc1Cl. The summed E-state index contributed by atoms with van der Waals surface area (Å²) in [6.07, 6.45) is 1.87. The van der Waals surface area contributed by atoms with Crippen LogP contribution in [0, 0.1) is 11.6 Å². The van der Waals surface area contributed by atoms with Crippen molar-refractivity contribution in [3.8, 4) is 0 Å². The molecule has 2 rings (SSSR count). The van der Waals surface area contributed by atoms with E-state index in [1.54, 1.807) is 6.92 Å². The highest BCUT2D eigenvalue weighted by molar-refractivity contribution is 6.34. The maximum Gasteiger partial charge on any atom is 0.343 e. The molecule has 0 spiro atoms. The summed E-state index contributed by atoms with van der Waals surface area (Å²) in [7, 11) is 0. The molecule has 0 aliphatic heterocycles. The van der Waals surface area contributed by atoms with Gasteiger partial charge in [0.15, 0.2) is 16.8 Å². The first-order chi connectivity index (χ1) is 12.3. The Morgan fingerprint density at radius 3 is 2.69 bits per heavy atom. The minimum Gasteiger partial charge on any atom is -0.506 e. The van der Waals surface area contributed by atoms with E-state index in [4.69, 9.17) is 27.9 Å². The minimum atomic E-state index is -0.946. The summed E-state index contributed by atoms with van der Waals surface area (Å²) in [6, 6.07) is 3.18. The molecule has 0 aliphatic rings. The number of aromatic nitrogens is 2. The normalized spacial score (nSPS) is 12.2. The van der Waals surface area contributed by atoms with E-state index in [-0.39, 0.29) is 23.1 Å². The van der Waals surface area contributed by atoms with Crippen molar-refractivity contribution in [1.29, 1.82) is 0 Å². The zero-order valence-electron chi connectivity index (χ0n) is 13.2. The maximum atomic E-state index is 13.6. The van der Waals surface area contributed by atoms with Gasteiger partial charge in [0.2, 0.25) is 0 Å². The molecular formula is C16H11Cl2F2N3O3. The number of halogens is 4. The highest BCUT2D eigenvalue weighted by Gasteiger charge is 2.20. The van der Waals surface area contributed by atoms with E-state index in [1.807, 2.05) is 0 Å². The molecular weight excluding hydrogens is 391 g/mol. The fourth-order valence-corrected chi connectivity index (χ4v) is 2.16. The Labute approximate surface area is 156 Å². The molecule has 0 fully saturated rings. The summed E-state index contributed by atoms with van der Waals surface area (Å²) in [5, 5.41) is 9.55. The van der Waals surface area contributed by atoms with Gasteiger partial charge in [0, 0.05) is 6.21 Å². The summed E-state index contributed by atoms with van der Waals surface area (Å²) in [5.74, 6) is -3.11. The smallest absolute Gasteiger partial charge is 0.343 e. The van der Waals surface area contributed by atoms with Crippen molar-refractivity contribution in [2.45, 2.75) is 6.92 Å². The minimum absolute atomic E-state index is 0.0131. The Bertz CT molecular complexity index is 887. The third-order valence-corrected chi connectivity index (χ3v) is 3.48. The second kappa shape index (κ2) is 8.68. The Morgan fingerprint density at radius 1 is 1.35 bits per heavy atom. The van der Waals surface area contributed by atoms with Gasteiger partial charge < -0.3 is 9.84 Å². The molecule has 2 aromatic rings. The van der Waals surface area contributed by atoms with Gasteiger partial charge in [-0.3, -0.25) is 0 Å². The number of carbonyl (C=O) groups is 1. The van der Waals surface area contributed by atoms with Gasteiger partial charge in [-0.05, 0) is 25.1 Å². The molecule has 0 aromatic carbocycles. The van der Waals surface area contributed by atoms with Crippen LogP contribution >= 0.6 is 23.2 Å². The molecule has 0 saturated heterocycles. The molecule has 1 N–H and O–H groups in total. The summed E-state index contributed by atoms with van der Waals surface area (Å²) < 4.78 is 31.3. The highest BCUT2D eigenvalue weighted by atomic mass is 35.5. The summed E-state index contributed by atoms with van der Waals surface area (Å²) >= 11 is 11.4. The summed E-state index contributed by atoms with van der Waals surface area (Å²) in [5.41, 5.74) is -0.710. The molecule has 0 radical (unpaired) electrons. The number of carbonyl (C=O) groups excluding carboxylic acids is 1. The summed E-state index contributed by atoms with van der Waals surface area (Å²) in [6.45, 7) is 1.57. The predicted octanol–water partition coefficient (Wildman–Crippen LogP) is 4.30. The highest BCUT2D eigenvalue weighted by Crippen LogP contribution is 2.27. The van der Waals surface area contributed by atoms with Gasteiger partial charge in [0.25, 0.3) is 0 Å². The standard InChI is InChI=1S/C16H11Cl2F2N3O3/c1-2-26-16(25)10(7-22-12-4-3-8(19)6-21-12)13(24)9-5-11(20)15(18)23-14(9)17/h3-7,24H,2H2,1H3. The lowest BCUT2D eigenvalue weighted by Gasteiger charge is -2.08. The average molecular weight is 402 g/mol. The van der Waals surface area contributed by atoms with Crippen molar-refractivity contribution in [1.82, 2.24) is 9.97 Å². The van der Waals surface area contributed by atoms with Gasteiger partial charge in [0.05, 0.1) is 18.4 Å². The van der Waals surface area contributed by atoms with Crippen molar-refractivity contribution in [2.75, 3.05) is 6.61 Å². The second-order valence-corrected chi connectivity index (χ2v) is 5.39. The second-order valence-electron chi connectivity index (χ2n) is 4.67. The van der Waals surface area contributed by atoms with E-state index in [0.29, 0.717) is 0 Å². The molecule has 0 bridgehead atoms. The Morgan fingerprint density at radius 2 is 2.08 bits per heavy atom. The van der Waals surface area contributed by atoms with Crippen molar-refractivity contribution in [3.05, 3.63) is 57.5 Å². The molecule has 0 unspecified atom stereocenters. The van der Waals surface area contributed by atoms with E-state index in [9.17, 15) is 18.7 Å². The van der Waals surface area contributed by atoms with Crippen LogP contribution in [0.4, 0.5) is 14.6 Å². The van der Waals surface area contributed by atoms with Crippen LogP contribution in [0.25, 0.3) is 5.76 Å². The number of aliphatic imine (C=N–C) groups is 1. The largest absolute Gasteiger partial charge is 0.506 e. The molecule has 10 heteroatoms. The fraction of sp³-hybridized carbons (Fsp3) is 0.125. The number of aliphatic hydroxyl groups excluding tert-OH is 1. The van der Waals surface area contributed by atoms with Crippen LogP contribution in [0.3, 0.4) is 0 Å². The van der Waals surface area contributed by atoms with E-state index in [0.717, 1.165) is 24.5 Å². The fourth-order valence-electron chi connectivity index (χ4n) is 1.75. The topological polar surface area (TPSA) is 84.7 Å². The number of aliphatic hydroxyl groups is 1. The quantitative estimate of drug-likeness (QED) is 0.265. The Balaban J connectivity index is 2.52. The molecule has 2 heterocycles. The number of pyridine rings is 2. The van der Waals surface area contributed by atoms with Gasteiger partial charge in [0.1, 0.15) is 22.3 Å². The zero-order chi connectivity index (χ0) is 19.3. The average Bonchev–Trinajstić information content (AvgIpc) is 2.60. The van der Waals surface area contributed by atoms with Crippen LogP contribution in [-0.2, 0) is 9.53 Å². The molecule has 136 valence electrons. The van der Waals surface area contributed by atoms with Crippen LogP contribution in [0.1, 0.15) is 12.5 Å². The van der Waals surface area contributed by atoms with E-state index in [2.05, 4.69) is 15.0 Å². The van der Waals surface area contributed by atoms with E-state index < -0.39 is 34.1 Å². The molecule has 2 aromatic heterocycles. The maximum absolute atomic E-state index is 13.6.